The molecule has 0 aliphatic carbocycles. The van der Waals surface area contributed by atoms with Crippen LogP contribution in [0.2, 0.25) is 5.02 Å². The number of fused-ring (bicyclic) bond motifs is 1. The minimum Gasteiger partial charge on any atom is -0.394 e. The van der Waals surface area contributed by atoms with Gasteiger partial charge in [-0.3, -0.25) is 0 Å². The van der Waals surface area contributed by atoms with Crippen LogP contribution in [0.15, 0.2) is 36.5 Å². The maximum absolute atomic E-state index is 5.87. The number of nitrogens with two attached hydrogens (primary N) is 1. The van der Waals surface area contributed by atoms with Gasteiger partial charge in [0, 0.05) is 5.56 Å². The molecule has 3 rings (SSSR count). The van der Waals surface area contributed by atoms with Crippen LogP contribution in [0.5, 0.6) is 0 Å². The standard InChI is InChI=1S/C11H8ClN5/c12-8-6-14-17-10(7-4-2-1-3-5-7)15-16-11(17)9(8)13/h1-6H,13H2. The predicted molar refractivity (Wildman–Crippen MR) is 65.6 cm³/mol. The third-order valence-corrected chi connectivity index (χ3v) is 2.76. The summed E-state index contributed by atoms with van der Waals surface area (Å²) in [6.45, 7) is 0. The molecule has 0 saturated carbocycles. The van der Waals surface area contributed by atoms with Crippen molar-refractivity contribution in [3.05, 3.63) is 41.6 Å². The zero-order chi connectivity index (χ0) is 11.8. The molecule has 17 heavy (non-hydrogen) atoms. The fourth-order valence-corrected chi connectivity index (χ4v) is 1.74. The molecular weight excluding hydrogens is 238 g/mol. The second kappa shape index (κ2) is 3.71. The lowest BCUT2D eigenvalue weighted by atomic mass is 10.2. The summed E-state index contributed by atoms with van der Waals surface area (Å²) in [6.07, 6.45) is 1.49. The molecule has 0 bridgehead atoms. The van der Waals surface area contributed by atoms with Crippen LogP contribution in [0.4, 0.5) is 5.69 Å². The van der Waals surface area contributed by atoms with Gasteiger partial charge in [0.05, 0.1) is 16.9 Å². The second-order valence-electron chi connectivity index (χ2n) is 3.53. The number of anilines is 1. The first-order valence-electron chi connectivity index (χ1n) is 4.98. The van der Waals surface area contributed by atoms with E-state index in [9.17, 15) is 0 Å². The van der Waals surface area contributed by atoms with Gasteiger partial charge >= 0.3 is 0 Å². The summed E-state index contributed by atoms with van der Waals surface area (Å²) in [7, 11) is 0. The SMILES string of the molecule is Nc1c(Cl)cnn2c(-c3ccccc3)nnc12. The molecule has 2 N–H and O–H groups in total. The largest absolute Gasteiger partial charge is 0.394 e. The monoisotopic (exact) mass is 245 g/mol. The van der Waals surface area contributed by atoms with Gasteiger partial charge in [-0.05, 0) is 0 Å². The minimum absolute atomic E-state index is 0.379. The number of nitrogen functional groups attached to an aromatic ring is 1. The second-order valence-corrected chi connectivity index (χ2v) is 3.94. The van der Waals surface area contributed by atoms with Crippen molar-refractivity contribution in [3.8, 4) is 11.4 Å². The molecule has 0 atom stereocenters. The van der Waals surface area contributed by atoms with E-state index in [4.69, 9.17) is 17.3 Å². The third-order valence-electron chi connectivity index (χ3n) is 2.46. The van der Waals surface area contributed by atoms with E-state index >= 15 is 0 Å². The molecular formula is C11H8ClN5. The van der Waals surface area contributed by atoms with Crippen molar-refractivity contribution in [2.45, 2.75) is 0 Å². The number of benzene rings is 1. The van der Waals surface area contributed by atoms with Crippen LogP contribution in [0.3, 0.4) is 0 Å². The molecule has 0 aliphatic rings. The lowest BCUT2D eigenvalue weighted by Crippen LogP contribution is -1.99. The van der Waals surface area contributed by atoms with E-state index in [0.717, 1.165) is 5.56 Å². The summed E-state index contributed by atoms with van der Waals surface area (Å²) < 4.78 is 1.58. The van der Waals surface area contributed by atoms with E-state index in [1.54, 1.807) is 4.52 Å². The zero-order valence-corrected chi connectivity index (χ0v) is 9.46. The normalized spacial score (nSPS) is 10.9. The number of halogens is 1. The molecule has 2 aromatic heterocycles. The van der Waals surface area contributed by atoms with Gasteiger partial charge in [-0.25, -0.2) is 0 Å². The van der Waals surface area contributed by atoms with Crippen LogP contribution >= 0.6 is 11.6 Å². The van der Waals surface area contributed by atoms with E-state index in [2.05, 4.69) is 15.3 Å². The molecule has 5 nitrogen and oxygen atoms in total. The summed E-state index contributed by atoms with van der Waals surface area (Å²) in [6, 6.07) is 9.66. The molecule has 84 valence electrons. The molecule has 6 heteroatoms. The van der Waals surface area contributed by atoms with Crippen LogP contribution < -0.4 is 5.73 Å². The third kappa shape index (κ3) is 1.52. The van der Waals surface area contributed by atoms with E-state index in [1.807, 2.05) is 30.3 Å². The average Bonchev–Trinajstić information content (AvgIpc) is 2.79. The Morgan fingerprint density at radius 2 is 1.88 bits per heavy atom. The highest BCUT2D eigenvalue weighted by Gasteiger charge is 2.12. The first-order valence-corrected chi connectivity index (χ1v) is 5.36. The van der Waals surface area contributed by atoms with E-state index in [-0.39, 0.29) is 0 Å². The first-order chi connectivity index (χ1) is 8.27. The van der Waals surface area contributed by atoms with Crippen molar-refractivity contribution in [1.82, 2.24) is 19.8 Å². The Labute approximate surface area is 102 Å². The van der Waals surface area contributed by atoms with Crippen LogP contribution in [-0.2, 0) is 0 Å². The molecule has 0 fully saturated rings. The molecule has 0 amide bonds. The van der Waals surface area contributed by atoms with Gasteiger partial charge < -0.3 is 5.73 Å². The molecule has 1 aromatic carbocycles. The number of nitrogens with zero attached hydrogens (tertiary/aromatic N) is 4. The van der Waals surface area contributed by atoms with Gasteiger partial charge in [0.2, 0.25) is 5.65 Å². The smallest absolute Gasteiger partial charge is 0.202 e. The van der Waals surface area contributed by atoms with E-state index in [0.29, 0.717) is 22.2 Å². The number of aromatic nitrogens is 4. The Balaban J connectivity index is 2.30. The highest BCUT2D eigenvalue weighted by atomic mass is 35.5. The fourth-order valence-electron chi connectivity index (χ4n) is 1.61. The number of rotatable bonds is 1. The van der Waals surface area contributed by atoms with Crippen LogP contribution in [-0.4, -0.2) is 19.8 Å². The summed E-state index contributed by atoms with van der Waals surface area (Å²) in [5.74, 6) is 0.643. The van der Waals surface area contributed by atoms with Crippen molar-refractivity contribution < 1.29 is 0 Å². The van der Waals surface area contributed by atoms with E-state index < -0.39 is 0 Å². The van der Waals surface area contributed by atoms with Crippen LogP contribution in [0.1, 0.15) is 0 Å². The minimum atomic E-state index is 0.379. The Hall–Kier alpha value is -2.14. The van der Waals surface area contributed by atoms with Crippen LogP contribution in [0.25, 0.3) is 17.0 Å². The molecule has 3 aromatic rings. The first kappa shape index (κ1) is 10.0. The van der Waals surface area contributed by atoms with Crippen molar-refractivity contribution >= 4 is 22.9 Å². The lowest BCUT2D eigenvalue weighted by molar-refractivity contribution is 0.937. The maximum Gasteiger partial charge on any atom is 0.202 e. The fraction of sp³-hybridized carbons (Fsp3) is 0. The number of hydrogen-bond donors (Lipinski definition) is 1. The van der Waals surface area contributed by atoms with Gasteiger partial charge in [-0.15, -0.1) is 10.2 Å². The maximum atomic E-state index is 5.87. The number of hydrogen-bond acceptors (Lipinski definition) is 4. The summed E-state index contributed by atoms with van der Waals surface area (Å²) in [5.41, 5.74) is 7.59. The molecule has 0 unspecified atom stereocenters. The highest BCUT2D eigenvalue weighted by molar-refractivity contribution is 6.33. The lowest BCUT2D eigenvalue weighted by Gasteiger charge is -2.01. The van der Waals surface area contributed by atoms with Crippen molar-refractivity contribution in [2.24, 2.45) is 0 Å². The van der Waals surface area contributed by atoms with Crippen molar-refractivity contribution in [1.29, 1.82) is 0 Å². The Morgan fingerprint density at radius 3 is 2.65 bits per heavy atom. The van der Waals surface area contributed by atoms with Crippen molar-refractivity contribution in [3.63, 3.8) is 0 Å². The summed E-state index contributed by atoms with van der Waals surface area (Å²) in [5, 5.41) is 12.6. The molecule has 0 radical (unpaired) electrons. The van der Waals surface area contributed by atoms with E-state index in [1.165, 1.54) is 6.20 Å². The Bertz CT molecular complexity index is 677. The summed E-state index contributed by atoms with van der Waals surface area (Å²) in [4.78, 5) is 0. The quantitative estimate of drug-likeness (QED) is 0.712. The predicted octanol–water partition coefficient (Wildman–Crippen LogP) is 2.03. The Morgan fingerprint density at radius 1 is 1.12 bits per heavy atom. The van der Waals surface area contributed by atoms with Gasteiger partial charge in [-0.1, -0.05) is 41.9 Å². The van der Waals surface area contributed by atoms with Gasteiger partial charge in [0.1, 0.15) is 0 Å². The molecule has 0 spiro atoms. The van der Waals surface area contributed by atoms with Crippen LogP contribution in [0, 0.1) is 0 Å². The van der Waals surface area contributed by atoms with Gasteiger partial charge in [0.25, 0.3) is 0 Å². The van der Waals surface area contributed by atoms with Gasteiger partial charge in [0.15, 0.2) is 5.82 Å². The zero-order valence-electron chi connectivity index (χ0n) is 8.71. The van der Waals surface area contributed by atoms with Crippen molar-refractivity contribution in [2.75, 3.05) is 5.73 Å². The van der Waals surface area contributed by atoms with Gasteiger partial charge in [-0.2, -0.15) is 9.61 Å². The average molecular weight is 246 g/mol. The molecule has 0 saturated heterocycles. The molecule has 0 aliphatic heterocycles. The summed E-state index contributed by atoms with van der Waals surface area (Å²) >= 11 is 5.87. The highest BCUT2D eigenvalue weighted by Crippen LogP contribution is 2.24. The topological polar surface area (TPSA) is 69.1 Å². The Kier molecular flexibility index (Phi) is 2.19. The molecule has 2 heterocycles.